The number of para-hydroxylation sites is 1. The van der Waals surface area contributed by atoms with E-state index in [1.807, 2.05) is 38.1 Å². The van der Waals surface area contributed by atoms with Crippen LogP contribution in [0.4, 0.5) is 5.69 Å². The lowest BCUT2D eigenvalue weighted by Gasteiger charge is -2.23. The number of aryl methyl sites for hydroxylation is 1. The highest BCUT2D eigenvalue weighted by Gasteiger charge is 2.21. The van der Waals surface area contributed by atoms with Crippen LogP contribution in [0.2, 0.25) is 10.0 Å². The first-order chi connectivity index (χ1) is 13.4. The van der Waals surface area contributed by atoms with Crippen LogP contribution in [0.1, 0.15) is 28.4 Å². The average Bonchev–Trinajstić information content (AvgIpc) is 2.67. The third-order valence-corrected chi connectivity index (χ3v) is 5.16. The van der Waals surface area contributed by atoms with Crippen molar-refractivity contribution in [1.29, 1.82) is 0 Å². The number of hydrogen-bond donors (Lipinski definition) is 0. The van der Waals surface area contributed by atoms with E-state index in [-0.39, 0.29) is 23.6 Å². The molecule has 1 amide bonds. The van der Waals surface area contributed by atoms with E-state index >= 15 is 0 Å². The third kappa shape index (κ3) is 4.13. The summed E-state index contributed by atoms with van der Waals surface area (Å²) >= 11 is 12.2. The molecule has 0 aliphatic heterocycles. The maximum atomic E-state index is 13.1. The number of halogens is 2. The van der Waals surface area contributed by atoms with Crippen LogP contribution in [0.15, 0.2) is 65.6 Å². The highest BCUT2D eigenvalue weighted by molar-refractivity contribution is 6.35. The summed E-state index contributed by atoms with van der Waals surface area (Å²) in [6.07, 6.45) is 1.65. The zero-order chi connectivity index (χ0) is 20.3. The van der Waals surface area contributed by atoms with Crippen molar-refractivity contribution >= 4 is 34.8 Å². The van der Waals surface area contributed by atoms with Gasteiger partial charge in [-0.3, -0.25) is 9.59 Å². The third-order valence-electron chi connectivity index (χ3n) is 4.57. The van der Waals surface area contributed by atoms with Gasteiger partial charge in [0.1, 0.15) is 5.56 Å². The van der Waals surface area contributed by atoms with Gasteiger partial charge in [0.05, 0.1) is 6.54 Å². The molecule has 3 rings (SSSR count). The molecule has 1 heterocycles. The lowest BCUT2D eigenvalue weighted by Crippen LogP contribution is -2.37. The molecular weight excluding hydrogens is 395 g/mol. The monoisotopic (exact) mass is 414 g/mol. The van der Waals surface area contributed by atoms with E-state index in [1.54, 1.807) is 41.4 Å². The van der Waals surface area contributed by atoms with Gasteiger partial charge in [-0.2, -0.15) is 0 Å². The van der Waals surface area contributed by atoms with Crippen LogP contribution in [0.3, 0.4) is 0 Å². The molecule has 28 heavy (non-hydrogen) atoms. The van der Waals surface area contributed by atoms with E-state index in [0.717, 1.165) is 16.8 Å². The quantitative estimate of drug-likeness (QED) is 0.577. The Balaban J connectivity index is 1.97. The normalized spacial score (nSPS) is 10.7. The molecular formula is C22H20Cl2N2O2. The van der Waals surface area contributed by atoms with E-state index in [2.05, 4.69) is 0 Å². The molecule has 0 N–H and O–H groups in total. The van der Waals surface area contributed by atoms with Crippen LogP contribution in [0.5, 0.6) is 0 Å². The van der Waals surface area contributed by atoms with Crippen molar-refractivity contribution in [1.82, 2.24) is 4.57 Å². The molecule has 0 saturated carbocycles. The molecule has 0 radical (unpaired) electrons. The summed E-state index contributed by atoms with van der Waals surface area (Å²) in [5, 5.41) is 1.01. The van der Waals surface area contributed by atoms with Crippen molar-refractivity contribution in [3.63, 3.8) is 0 Å². The molecule has 0 aliphatic carbocycles. The fraction of sp³-hybridized carbons (Fsp3) is 0.182. The Morgan fingerprint density at radius 2 is 1.82 bits per heavy atom. The molecule has 4 nitrogen and oxygen atoms in total. The summed E-state index contributed by atoms with van der Waals surface area (Å²) in [7, 11) is 0. The lowest BCUT2D eigenvalue weighted by molar-refractivity contribution is 0.0986. The topological polar surface area (TPSA) is 42.3 Å². The molecule has 0 atom stereocenters. The first kappa shape index (κ1) is 20.2. The van der Waals surface area contributed by atoms with Gasteiger partial charge >= 0.3 is 0 Å². The van der Waals surface area contributed by atoms with Gasteiger partial charge in [0.2, 0.25) is 0 Å². The molecule has 1 aromatic heterocycles. The number of carbonyl (C=O) groups is 1. The van der Waals surface area contributed by atoms with Gasteiger partial charge in [0.25, 0.3) is 11.5 Å². The molecule has 0 fully saturated rings. The van der Waals surface area contributed by atoms with Crippen molar-refractivity contribution < 1.29 is 4.79 Å². The number of nitrogens with zero attached hydrogens (tertiary/aromatic N) is 2. The van der Waals surface area contributed by atoms with Gasteiger partial charge < -0.3 is 9.47 Å². The first-order valence-corrected chi connectivity index (χ1v) is 9.69. The molecule has 6 heteroatoms. The van der Waals surface area contributed by atoms with Gasteiger partial charge in [0.15, 0.2) is 0 Å². The number of rotatable bonds is 5. The second-order valence-corrected chi connectivity index (χ2v) is 7.27. The first-order valence-electron chi connectivity index (χ1n) is 8.93. The standard InChI is InChI=1S/C22H20Cl2N2O2/c1-3-26(20-9-5-4-7-15(20)2)22(28)18-8-6-12-25(21(18)27)14-16-10-11-17(23)13-19(16)24/h4-13H,3,14H2,1-2H3. The Hall–Kier alpha value is -2.56. The minimum absolute atomic E-state index is 0.123. The highest BCUT2D eigenvalue weighted by atomic mass is 35.5. The molecule has 3 aromatic rings. The van der Waals surface area contributed by atoms with Gasteiger partial charge in [-0.15, -0.1) is 0 Å². The predicted octanol–water partition coefficient (Wildman–Crippen LogP) is 5.18. The number of benzene rings is 2. The summed E-state index contributed by atoms with van der Waals surface area (Å²) in [5.41, 5.74) is 2.29. The van der Waals surface area contributed by atoms with Crippen molar-refractivity contribution in [2.45, 2.75) is 20.4 Å². The Morgan fingerprint density at radius 3 is 2.50 bits per heavy atom. The summed E-state index contributed by atoms with van der Waals surface area (Å²) in [6.45, 7) is 4.55. The molecule has 0 aliphatic rings. The van der Waals surface area contributed by atoms with Crippen LogP contribution >= 0.6 is 23.2 Å². The Labute approximate surface area is 173 Å². The van der Waals surface area contributed by atoms with Crippen LogP contribution in [-0.2, 0) is 6.54 Å². The maximum Gasteiger partial charge on any atom is 0.263 e. The van der Waals surface area contributed by atoms with E-state index in [4.69, 9.17) is 23.2 Å². The second-order valence-electron chi connectivity index (χ2n) is 6.43. The molecule has 0 saturated heterocycles. The molecule has 0 unspecified atom stereocenters. The zero-order valence-corrected chi connectivity index (χ0v) is 17.2. The number of aromatic nitrogens is 1. The number of amides is 1. The molecule has 2 aromatic carbocycles. The van der Waals surface area contributed by atoms with Crippen molar-refractivity contribution in [2.24, 2.45) is 0 Å². The van der Waals surface area contributed by atoms with Crippen molar-refractivity contribution in [3.8, 4) is 0 Å². The van der Waals surface area contributed by atoms with Gasteiger partial charge in [-0.1, -0.05) is 47.5 Å². The zero-order valence-electron chi connectivity index (χ0n) is 15.7. The molecule has 0 bridgehead atoms. The van der Waals surface area contributed by atoms with Crippen LogP contribution < -0.4 is 10.5 Å². The summed E-state index contributed by atoms with van der Waals surface area (Å²) in [6, 6.07) is 16.0. The van der Waals surface area contributed by atoms with E-state index in [0.29, 0.717) is 16.6 Å². The van der Waals surface area contributed by atoms with Crippen LogP contribution in [0, 0.1) is 6.92 Å². The number of anilines is 1. The van der Waals surface area contributed by atoms with E-state index in [1.165, 1.54) is 4.57 Å². The second kappa shape index (κ2) is 8.63. The van der Waals surface area contributed by atoms with Gasteiger partial charge in [-0.25, -0.2) is 0 Å². The largest absolute Gasteiger partial charge is 0.310 e. The summed E-state index contributed by atoms with van der Waals surface area (Å²) in [4.78, 5) is 27.7. The summed E-state index contributed by atoms with van der Waals surface area (Å²) < 4.78 is 1.48. The minimum Gasteiger partial charge on any atom is -0.310 e. The SMILES string of the molecule is CCN(C(=O)c1cccn(Cc2ccc(Cl)cc2Cl)c1=O)c1ccccc1C. The lowest BCUT2D eigenvalue weighted by atomic mass is 10.1. The molecule has 144 valence electrons. The number of hydrogen-bond acceptors (Lipinski definition) is 2. The van der Waals surface area contributed by atoms with E-state index < -0.39 is 0 Å². The minimum atomic E-state index is -0.356. The maximum absolute atomic E-state index is 13.1. The fourth-order valence-corrected chi connectivity index (χ4v) is 3.56. The Kier molecular flexibility index (Phi) is 6.22. The van der Waals surface area contributed by atoms with Crippen molar-refractivity contribution in [2.75, 3.05) is 11.4 Å². The number of carbonyl (C=O) groups excluding carboxylic acids is 1. The Morgan fingerprint density at radius 1 is 1.07 bits per heavy atom. The Bertz CT molecular complexity index is 1080. The molecule has 0 spiro atoms. The van der Waals surface area contributed by atoms with Gasteiger partial charge in [0, 0.05) is 28.5 Å². The van der Waals surface area contributed by atoms with Crippen LogP contribution in [0.25, 0.3) is 0 Å². The number of pyridine rings is 1. The fourth-order valence-electron chi connectivity index (χ4n) is 3.09. The van der Waals surface area contributed by atoms with E-state index in [9.17, 15) is 9.59 Å². The highest BCUT2D eigenvalue weighted by Crippen LogP contribution is 2.22. The average molecular weight is 415 g/mol. The van der Waals surface area contributed by atoms with Crippen molar-refractivity contribution in [3.05, 3.63) is 97.9 Å². The van der Waals surface area contributed by atoms with Gasteiger partial charge in [-0.05, 0) is 55.3 Å². The summed E-state index contributed by atoms with van der Waals surface area (Å²) in [5.74, 6) is -0.321. The van der Waals surface area contributed by atoms with Crippen LogP contribution in [-0.4, -0.2) is 17.0 Å². The predicted molar refractivity (Wildman–Crippen MR) is 115 cm³/mol. The smallest absolute Gasteiger partial charge is 0.263 e.